The SMILES string of the molecule is C=N/C(=N\c1ccc(OC)cc1CNc1c(C)cc(Br)cc1C)c1cccnc1. The van der Waals surface area contributed by atoms with Gasteiger partial charge in [-0.15, -0.1) is 0 Å². The number of ether oxygens (including phenoxy) is 1. The highest BCUT2D eigenvalue weighted by molar-refractivity contribution is 9.10. The van der Waals surface area contributed by atoms with Crippen molar-refractivity contribution in [1.82, 2.24) is 4.98 Å². The van der Waals surface area contributed by atoms with E-state index in [1.165, 1.54) is 11.1 Å². The summed E-state index contributed by atoms with van der Waals surface area (Å²) in [4.78, 5) is 13.0. The fraction of sp³-hybridized carbons (Fsp3) is 0.174. The van der Waals surface area contributed by atoms with E-state index >= 15 is 0 Å². The number of anilines is 1. The lowest BCUT2D eigenvalue weighted by atomic mass is 10.1. The molecular formula is C23H23BrN4O. The Bertz CT molecular complexity index is 1020. The second kappa shape index (κ2) is 9.47. The summed E-state index contributed by atoms with van der Waals surface area (Å²) in [6.07, 6.45) is 3.44. The molecule has 1 aromatic heterocycles. The Morgan fingerprint density at radius 1 is 1.17 bits per heavy atom. The molecule has 0 fully saturated rings. The van der Waals surface area contributed by atoms with Crippen molar-refractivity contribution in [3.63, 3.8) is 0 Å². The van der Waals surface area contributed by atoms with Crippen LogP contribution in [0.3, 0.4) is 0 Å². The topological polar surface area (TPSA) is 58.9 Å². The summed E-state index contributed by atoms with van der Waals surface area (Å²) in [6.45, 7) is 8.44. The molecule has 29 heavy (non-hydrogen) atoms. The standard InChI is InChI=1S/C23H23BrN4O/c1-15-10-19(24)11-16(2)22(15)27-14-18-12-20(29-4)7-8-21(18)28-23(25-3)17-6-5-9-26-13-17/h5-13,27H,3,14H2,1-2,4H3/b28-23-. The van der Waals surface area contributed by atoms with E-state index in [1.54, 1.807) is 19.5 Å². The molecule has 6 heteroatoms. The largest absolute Gasteiger partial charge is 0.497 e. The molecule has 0 aliphatic heterocycles. The molecule has 0 aliphatic carbocycles. The minimum Gasteiger partial charge on any atom is -0.497 e. The zero-order valence-corrected chi connectivity index (χ0v) is 18.3. The van der Waals surface area contributed by atoms with Crippen LogP contribution in [0.4, 0.5) is 11.4 Å². The van der Waals surface area contributed by atoms with Crippen molar-refractivity contribution in [1.29, 1.82) is 0 Å². The molecule has 0 unspecified atom stereocenters. The number of rotatable bonds is 6. The van der Waals surface area contributed by atoms with Gasteiger partial charge in [0.2, 0.25) is 0 Å². The number of aliphatic imine (C=N–C) groups is 2. The van der Waals surface area contributed by atoms with Crippen molar-refractivity contribution in [2.24, 2.45) is 9.98 Å². The summed E-state index contributed by atoms with van der Waals surface area (Å²) in [5.41, 5.74) is 6.08. The van der Waals surface area contributed by atoms with E-state index in [0.29, 0.717) is 12.4 Å². The third kappa shape index (κ3) is 5.09. The zero-order valence-electron chi connectivity index (χ0n) is 16.7. The van der Waals surface area contributed by atoms with Crippen molar-refractivity contribution < 1.29 is 4.74 Å². The molecule has 1 N–H and O–H groups in total. The van der Waals surface area contributed by atoms with E-state index in [1.807, 2.05) is 30.3 Å². The van der Waals surface area contributed by atoms with Crippen LogP contribution in [0.25, 0.3) is 0 Å². The molecule has 0 radical (unpaired) electrons. The fourth-order valence-electron chi connectivity index (χ4n) is 3.11. The molecule has 0 spiro atoms. The van der Waals surface area contributed by atoms with Gasteiger partial charge in [-0.1, -0.05) is 15.9 Å². The molecule has 0 saturated carbocycles. The zero-order chi connectivity index (χ0) is 20.8. The highest BCUT2D eigenvalue weighted by atomic mass is 79.9. The predicted octanol–water partition coefficient (Wildman–Crippen LogP) is 5.86. The van der Waals surface area contributed by atoms with E-state index in [9.17, 15) is 0 Å². The van der Waals surface area contributed by atoms with Gasteiger partial charge in [-0.25, -0.2) is 9.98 Å². The quantitative estimate of drug-likeness (QED) is 0.377. The Morgan fingerprint density at radius 3 is 2.55 bits per heavy atom. The molecule has 3 rings (SSSR count). The second-order valence-corrected chi connectivity index (χ2v) is 7.51. The summed E-state index contributed by atoms with van der Waals surface area (Å²) >= 11 is 3.55. The summed E-state index contributed by atoms with van der Waals surface area (Å²) in [5.74, 6) is 1.31. The van der Waals surface area contributed by atoms with Crippen LogP contribution < -0.4 is 10.1 Å². The average Bonchev–Trinajstić information content (AvgIpc) is 2.72. The molecule has 2 aromatic carbocycles. The molecule has 0 aliphatic rings. The van der Waals surface area contributed by atoms with E-state index in [-0.39, 0.29) is 0 Å². The highest BCUT2D eigenvalue weighted by Gasteiger charge is 2.09. The summed E-state index contributed by atoms with van der Waals surface area (Å²) in [7, 11) is 1.66. The first kappa shape index (κ1) is 20.7. The van der Waals surface area contributed by atoms with Gasteiger partial charge in [-0.3, -0.25) is 4.98 Å². The monoisotopic (exact) mass is 450 g/mol. The lowest BCUT2D eigenvalue weighted by Gasteiger charge is -2.15. The maximum Gasteiger partial charge on any atom is 0.160 e. The number of nitrogens with zero attached hydrogens (tertiary/aromatic N) is 3. The van der Waals surface area contributed by atoms with Crippen LogP contribution in [0, 0.1) is 13.8 Å². The minimum absolute atomic E-state index is 0.528. The van der Waals surface area contributed by atoms with E-state index in [0.717, 1.165) is 32.7 Å². The first-order valence-electron chi connectivity index (χ1n) is 9.15. The number of amidine groups is 1. The molecule has 0 amide bonds. The van der Waals surface area contributed by atoms with Gasteiger partial charge in [0.15, 0.2) is 5.84 Å². The Hall–Kier alpha value is -2.99. The molecule has 5 nitrogen and oxygen atoms in total. The Morgan fingerprint density at radius 2 is 1.93 bits per heavy atom. The van der Waals surface area contributed by atoms with Crippen molar-refractivity contribution in [2.75, 3.05) is 12.4 Å². The average molecular weight is 451 g/mol. The van der Waals surface area contributed by atoms with E-state index < -0.39 is 0 Å². The molecule has 3 aromatic rings. The highest BCUT2D eigenvalue weighted by Crippen LogP contribution is 2.29. The summed E-state index contributed by atoms with van der Waals surface area (Å²) in [6, 6.07) is 13.8. The van der Waals surface area contributed by atoms with Gasteiger partial charge in [-0.2, -0.15) is 0 Å². The van der Waals surface area contributed by atoms with Crippen LogP contribution in [0.15, 0.2) is 69.3 Å². The normalized spacial score (nSPS) is 11.2. The van der Waals surface area contributed by atoms with Crippen LogP contribution in [0.1, 0.15) is 22.3 Å². The lowest BCUT2D eigenvalue weighted by molar-refractivity contribution is 0.414. The van der Waals surface area contributed by atoms with Crippen LogP contribution in [0.5, 0.6) is 5.75 Å². The smallest absolute Gasteiger partial charge is 0.160 e. The van der Waals surface area contributed by atoms with Crippen LogP contribution >= 0.6 is 15.9 Å². The van der Waals surface area contributed by atoms with Gasteiger partial charge >= 0.3 is 0 Å². The van der Waals surface area contributed by atoms with Crippen LogP contribution in [-0.2, 0) is 6.54 Å². The van der Waals surface area contributed by atoms with Crippen molar-refractivity contribution in [3.05, 3.63) is 81.6 Å². The van der Waals surface area contributed by atoms with E-state index in [4.69, 9.17) is 9.73 Å². The fourth-order valence-corrected chi connectivity index (χ4v) is 3.80. The van der Waals surface area contributed by atoms with Gasteiger partial charge in [-0.05, 0) is 74.2 Å². The molecule has 1 heterocycles. The van der Waals surface area contributed by atoms with Gasteiger partial charge in [0.1, 0.15) is 5.75 Å². The minimum atomic E-state index is 0.528. The summed E-state index contributed by atoms with van der Waals surface area (Å²) in [5, 5.41) is 3.54. The van der Waals surface area contributed by atoms with Crippen molar-refractivity contribution in [2.45, 2.75) is 20.4 Å². The van der Waals surface area contributed by atoms with Crippen LogP contribution in [-0.4, -0.2) is 24.6 Å². The molecule has 0 bridgehead atoms. The number of hydrogen-bond donors (Lipinski definition) is 1. The third-order valence-electron chi connectivity index (χ3n) is 4.54. The number of benzene rings is 2. The maximum atomic E-state index is 5.41. The second-order valence-electron chi connectivity index (χ2n) is 6.60. The van der Waals surface area contributed by atoms with Crippen LogP contribution in [0.2, 0.25) is 0 Å². The molecular weight excluding hydrogens is 428 g/mol. The van der Waals surface area contributed by atoms with Gasteiger partial charge in [0.25, 0.3) is 0 Å². The number of aryl methyl sites for hydroxylation is 2. The first-order chi connectivity index (χ1) is 14.0. The van der Waals surface area contributed by atoms with E-state index in [2.05, 4.69) is 63.9 Å². The third-order valence-corrected chi connectivity index (χ3v) is 4.99. The van der Waals surface area contributed by atoms with Crippen molar-refractivity contribution >= 4 is 39.9 Å². The summed E-state index contributed by atoms with van der Waals surface area (Å²) < 4.78 is 6.48. The maximum absolute atomic E-state index is 5.41. The number of halogens is 1. The number of aromatic nitrogens is 1. The molecule has 0 atom stereocenters. The molecule has 0 saturated heterocycles. The number of nitrogens with one attached hydrogen (secondary N) is 1. The lowest BCUT2D eigenvalue weighted by Crippen LogP contribution is -2.04. The number of pyridine rings is 1. The Labute approximate surface area is 179 Å². The Balaban J connectivity index is 1.96. The Kier molecular flexibility index (Phi) is 6.77. The number of hydrogen-bond acceptors (Lipinski definition) is 4. The van der Waals surface area contributed by atoms with Gasteiger partial charge in [0.05, 0.1) is 12.8 Å². The first-order valence-corrected chi connectivity index (χ1v) is 9.94. The van der Waals surface area contributed by atoms with Crippen molar-refractivity contribution in [3.8, 4) is 5.75 Å². The number of methoxy groups -OCH3 is 1. The molecule has 148 valence electrons. The predicted molar refractivity (Wildman–Crippen MR) is 124 cm³/mol. The van der Waals surface area contributed by atoms with Gasteiger partial charge in [0, 0.05) is 40.2 Å². The van der Waals surface area contributed by atoms with Gasteiger partial charge < -0.3 is 10.1 Å².